The fourth-order valence-electron chi connectivity index (χ4n) is 4.07. The van der Waals surface area contributed by atoms with Crippen LogP contribution in [0.15, 0.2) is 48.7 Å². The van der Waals surface area contributed by atoms with E-state index >= 15 is 0 Å². The van der Waals surface area contributed by atoms with Crippen LogP contribution in [0.1, 0.15) is 48.5 Å². The van der Waals surface area contributed by atoms with Crippen molar-refractivity contribution < 1.29 is 13.2 Å². The minimum absolute atomic E-state index is 0.0228. The number of likely N-dealkylation sites (tertiary alicyclic amines) is 1. The average molecular weight is 389 g/mol. The van der Waals surface area contributed by atoms with Crippen molar-refractivity contribution in [2.45, 2.75) is 50.5 Å². The number of alkyl halides is 3. The lowest BCUT2D eigenvalue weighted by Crippen LogP contribution is -2.44. The molecule has 2 aliphatic rings. The highest BCUT2D eigenvalue weighted by atomic mass is 19.4. The summed E-state index contributed by atoms with van der Waals surface area (Å²) < 4.78 is 39.3. The van der Waals surface area contributed by atoms with Gasteiger partial charge in [0.2, 0.25) is 0 Å². The number of halogens is 3. The number of hydrogen-bond donors (Lipinski definition) is 1. The first-order chi connectivity index (χ1) is 13.5. The van der Waals surface area contributed by atoms with Crippen LogP contribution >= 0.6 is 0 Å². The van der Waals surface area contributed by atoms with Crippen LogP contribution < -0.4 is 5.32 Å². The third kappa shape index (κ3) is 4.92. The first kappa shape index (κ1) is 19.4. The summed E-state index contributed by atoms with van der Waals surface area (Å²) in [6.07, 6.45) is 1.72. The van der Waals surface area contributed by atoms with Crippen LogP contribution in [-0.4, -0.2) is 29.0 Å². The second kappa shape index (κ2) is 8.21. The Morgan fingerprint density at radius 3 is 2.46 bits per heavy atom. The third-order valence-corrected chi connectivity index (χ3v) is 5.78. The summed E-state index contributed by atoms with van der Waals surface area (Å²) in [6.45, 7) is 2.82. The smallest absolute Gasteiger partial charge is 0.307 e. The number of nitrogens with zero attached hydrogens (tertiary/aromatic N) is 2. The molecule has 0 radical (unpaired) electrons. The monoisotopic (exact) mass is 389 g/mol. The van der Waals surface area contributed by atoms with Crippen LogP contribution in [0.2, 0.25) is 0 Å². The second-order valence-corrected chi connectivity index (χ2v) is 7.98. The van der Waals surface area contributed by atoms with Crippen molar-refractivity contribution in [3.63, 3.8) is 0 Å². The second-order valence-electron chi connectivity index (χ2n) is 7.98. The number of nitrogens with one attached hydrogen (secondary N) is 1. The molecule has 1 N–H and O–H groups in total. The SMILES string of the molecule is FC(F)(F)c1cccc([C@@H](NC2CCN(Cc3ccccn3)CC2)C2CC2)c1. The standard InChI is InChI=1S/C22H26F3N3/c23-22(24,25)18-5-3-4-17(14-18)21(16-7-8-16)27-19-9-12-28(13-10-19)15-20-6-1-2-11-26-20/h1-6,11,14,16,19,21,27H,7-10,12-13,15H2/t21-/m0/s1. The van der Waals surface area contributed by atoms with Gasteiger partial charge in [0.1, 0.15) is 0 Å². The van der Waals surface area contributed by atoms with Crippen molar-refractivity contribution >= 4 is 0 Å². The zero-order chi connectivity index (χ0) is 19.6. The Kier molecular flexibility index (Phi) is 5.69. The maximum atomic E-state index is 13.1. The molecule has 0 spiro atoms. The van der Waals surface area contributed by atoms with Crippen molar-refractivity contribution in [1.29, 1.82) is 0 Å². The quantitative estimate of drug-likeness (QED) is 0.769. The zero-order valence-corrected chi connectivity index (χ0v) is 15.8. The van der Waals surface area contributed by atoms with Crippen LogP contribution in [0, 0.1) is 5.92 Å². The molecule has 1 saturated carbocycles. The van der Waals surface area contributed by atoms with E-state index in [1.54, 1.807) is 0 Å². The van der Waals surface area contributed by atoms with Crippen molar-refractivity contribution in [2.75, 3.05) is 13.1 Å². The molecule has 1 aromatic carbocycles. The molecule has 4 rings (SSSR count). The van der Waals surface area contributed by atoms with E-state index in [2.05, 4.69) is 15.2 Å². The predicted molar refractivity (Wildman–Crippen MR) is 103 cm³/mol. The van der Waals surface area contributed by atoms with Gasteiger partial charge in [-0.05, 0) is 61.4 Å². The number of aromatic nitrogens is 1. The molecule has 2 fully saturated rings. The normalized spacial score (nSPS) is 20.2. The highest BCUT2D eigenvalue weighted by Crippen LogP contribution is 2.42. The van der Waals surface area contributed by atoms with E-state index in [4.69, 9.17) is 0 Å². The Bertz CT molecular complexity index is 766. The van der Waals surface area contributed by atoms with Gasteiger partial charge in [-0.1, -0.05) is 18.2 Å². The zero-order valence-electron chi connectivity index (χ0n) is 15.8. The minimum atomic E-state index is -4.29. The fraction of sp³-hybridized carbons (Fsp3) is 0.500. The van der Waals surface area contributed by atoms with Crippen LogP contribution in [0.4, 0.5) is 13.2 Å². The van der Waals surface area contributed by atoms with Gasteiger partial charge in [0.25, 0.3) is 0 Å². The Labute approximate surface area is 164 Å². The van der Waals surface area contributed by atoms with Crippen molar-refractivity contribution in [3.8, 4) is 0 Å². The first-order valence-corrected chi connectivity index (χ1v) is 10.0. The lowest BCUT2D eigenvalue weighted by Gasteiger charge is -2.35. The van der Waals surface area contributed by atoms with E-state index in [9.17, 15) is 13.2 Å². The predicted octanol–water partition coefficient (Wildman–Crippen LogP) is 4.81. The summed E-state index contributed by atoms with van der Waals surface area (Å²) in [4.78, 5) is 6.79. The molecule has 2 heterocycles. The van der Waals surface area contributed by atoms with Crippen LogP contribution in [-0.2, 0) is 12.7 Å². The van der Waals surface area contributed by atoms with Gasteiger partial charge in [-0.3, -0.25) is 9.88 Å². The van der Waals surface area contributed by atoms with Crippen molar-refractivity contribution in [3.05, 3.63) is 65.5 Å². The van der Waals surface area contributed by atoms with Gasteiger partial charge in [-0.15, -0.1) is 0 Å². The molecular formula is C22H26F3N3. The summed E-state index contributed by atoms with van der Waals surface area (Å²) in [5.74, 6) is 0.454. The average Bonchev–Trinajstić information content (AvgIpc) is 3.53. The van der Waals surface area contributed by atoms with Gasteiger partial charge in [0, 0.05) is 37.9 Å². The number of benzene rings is 1. The van der Waals surface area contributed by atoms with E-state index < -0.39 is 11.7 Å². The lowest BCUT2D eigenvalue weighted by atomic mass is 9.96. The summed E-state index contributed by atoms with van der Waals surface area (Å²) in [7, 11) is 0. The van der Waals surface area contributed by atoms with Crippen molar-refractivity contribution in [1.82, 2.24) is 15.2 Å². The van der Waals surface area contributed by atoms with Gasteiger partial charge in [-0.25, -0.2) is 0 Å². The van der Waals surface area contributed by atoms with Gasteiger partial charge < -0.3 is 5.32 Å². The Hall–Kier alpha value is -1.92. The maximum absolute atomic E-state index is 13.1. The molecule has 6 heteroatoms. The molecule has 1 aliphatic carbocycles. The number of piperidine rings is 1. The summed E-state index contributed by atoms with van der Waals surface area (Å²) >= 11 is 0. The summed E-state index contributed by atoms with van der Waals surface area (Å²) in [5.41, 5.74) is 1.30. The van der Waals surface area contributed by atoms with E-state index in [1.807, 2.05) is 30.5 Å². The van der Waals surface area contributed by atoms with E-state index in [-0.39, 0.29) is 6.04 Å². The number of pyridine rings is 1. The minimum Gasteiger partial charge on any atom is -0.307 e. The lowest BCUT2D eigenvalue weighted by molar-refractivity contribution is -0.137. The molecule has 1 saturated heterocycles. The summed E-state index contributed by atoms with van der Waals surface area (Å²) in [5, 5.41) is 3.69. The van der Waals surface area contributed by atoms with Crippen molar-refractivity contribution in [2.24, 2.45) is 5.92 Å². The Morgan fingerprint density at radius 2 is 1.82 bits per heavy atom. The number of hydrogen-bond acceptors (Lipinski definition) is 3. The molecule has 1 aromatic heterocycles. The van der Waals surface area contributed by atoms with Gasteiger partial charge >= 0.3 is 6.18 Å². The molecule has 28 heavy (non-hydrogen) atoms. The van der Waals surface area contributed by atoms with Gasteiger partial charge in [0.15, 0.2) is 0 Å². The third-order valence-electron chi connectivity index (χ3n) is 5.78. The van der Waals surface area contributed by atoms with Crippen LogP contribution in [0.3, 0.4) is 0 Å². The Balaban J connectivity index is 1.36. The molecule has 0 amide bonds. The molecule has 1 aliphatic heterocycles. The highest BCUT2D eigenvalue weighted by molar-refractivity contribution is 5.29. The summed E-state index contributed by atoms with van der Waals surface area (Å²) in [6, 6.07) is 12.2. The molecule has 2 aromatic rings. The van der Waals surface area contributed by atoms with Gasteiger partial charge in [-0.2, -0.15) is 13.2 Å². The Morgan fingerprint density at radius 1 is 1.04 bits per heavy atom. The van der Waals surface area contributed by atoms with E-state index in [0.29, 0.717) is 12.0 Å². The molecular weight excluding hydrogens is 363 g/mol. The largest absolute Gasteiger partial charge is 0.416 e. The van der Waals surface area contributed by atoms with E-state index in [1.165, 1.54) is 12.1 Å². The highest BCUT2D eigenvalue weighted by Gasteiger charge is 2.36. The molecule has 150 valence electrons. The van der Waals surface area contributed by atoms with Crippen LogP contribution in [0.5, 0.6) is 0 Å². The van der Waals surface area contributed by atoms with Gasteiger partial charge in [0.05, 0.1) is 11.3 Å². The molecule has 1 atom stereocenters. The first-order valence-electron chi connectivity index (χ1n) is 10.0. The van der Waals surface area contributed by atoms with E-state index in [0.717, 1.165) is 62.6 Å². The molecule has 3 nitrogen and oxygen atoms in total. The molecule has 0 bridgehead atoms. The maximum Gasteiger partial charge on any atom is 0.416 e. The topological polar surface area (TPSA) is 28.2 Å². The molecule has 0 unspecified atom stereocenters. The fourth-order valence-corrected chi connectivity index (χ4v) is 4.07. The van der Waals surface area contributed by atoms with Crippen LogP contribution in [0.25, 0.3) is 0 Å². The number of rotatable bonds is 6.